The maximum atomic E-state index is 12.7. The topological polar surface area (TPSA) is 42.0 Å². The van der Waals surface area contributed by atoms with E-state index in [-0.39, 0.29) is 5.91 Å². The summed E-state index contributed by atoms with van der Waals surface area (Å²) in [6, 6.07) is 14.2. The summed E-state index contributed by atoms with van der Waals surface area (Å²) in [5.74, 6) is 0.00674. The first-order valence-corrected chi connectivity index (χ1v) is 8.74. The molecule has 0 spiro atoms. The van der Waals surface area contributed by atoms with E-state index in [1.807, 2.05) is 44.2 Å². The van der Waals surface area contributed by atoms with Crippen molar-refractivity contribution in [1.82, 2.24) is 4.98 Å². The monoisotopic (exact) mass is 332 g/mol. The third kappa shape index (κ3) is 3.41. The van der Waals surface area contributed by atoms with Gasteiger partial charge in [-0.2, -0.15) is 0 Å². The predicted octanol–water partition coefficient (Wildman–Crippen LogP) is 4.90. The lowest BCUT2D eigenvalue weighted by molar-refractivity contribution is -0.115. The summed E-state index contributed by atoms with van der Waals surface area (Å²) >= 11 is 0. The van der Waals surface area contributed by atoms with Crippen LogP contribution in [0.1, 0.15) is 34.9 Å². The normalized spacial score (nSPS) is 10.9. The van der Waals surface area contributed by atoms with Crippen LogP contribution >= 0.6 is 0 Å². The fourth-order valence-corrected chi connectivity index (χ4v) is 3.38. The molecule has 0 fully saturated rings. The van der Waals surface area contributed by atoms with Crippen LogP contribution in [0.5, 0.6) is 0 Å². The lowest BCUT2D eigenvalue weighted by Gasteiger charge is -2.15. The van der Waals surface area contributed by atoms with Crippen LogP contribution in [-0.2, 0) is 17.6 Å². The molecule has 3 heteroatoms. The fraction of sp³-hybridized carbons (Fsp3) is 0.273. The van der Waals surface area contributed by atoms with E-state index < -0.39 is 0 Å². The highest BCUT2D eigenvalue weighted by molar-refractivity contribution is 5.95. The van der Waals surface area contributed by atoms with E-state index in [4.69, 9.17) is 0 Å². The number of amides is 1. The Kier molecular flexibility index (Phi) is 4.84. The number of fused-ring (bicyclic) bond motifs is 1. The number of anilines is 1. The second-order valence-corrected chi connectivity index (χ2v) is 6.51. The van der Waals surface area contributed by atoms with Gasteiger partial charge in [-0.05, 0) is 55.5 Å². The van der Waals surface area contributed by atoms with Crippen molar-refractivity contribution in [1.29, 1.82) is 0 Å². The molecule has 0 aliphatic heterocycles. The van der Waals surface area contributed by atoms with Gasteiger partial charge in [0.1, 0.15) is 0 Å². The number of para-hydroxylation sites is 2. The second kappa shape index (κ2) is 7.06. The van der Waals surface area contributed by atoms with E-state index in [9.17, 15) is 4.79 Å². The van der Waals surface area contributed by atoms with Crippen LogP contribution < -0.4 is 5.32 Å². The fourth-order valence-electron chi connectivity index (χ4n) is 3.38. The highest BCUT2D eigenvalue weighted by Gasteiger charge is 2.14. The number of hydrogen-bond acceptors (Lipinski definition) is 2. The summed E-state index contributed by atoms with van der Waals surface area (Å²) in [7, 11) is 0. The van der Waals surface area contributed by atoms with E-state index >= 15 is 0 Å². The Bertz CT molecular complexity index is 944. The molecule has 128 valence electrons. The van der Waals surface area contributed by atoms with Crippen molar-refractivity contribution in [3.8, 4) is 0 Å². The molecule has 0 aliphatic rings. The van der Waals surface area contributed by atoms with Gasteiger partial charge in [0.05, 0.1) is 11.9 Å². The van der Waals surface area contributed by atoms with Gasteiger partial charge >= 0.3 is 0 Å². The molecule has 25 heavy (non-hydrogen) atoms. The number of rotatable bonds is 4. The van der Waals surface area contributed by atoms with Gasteiger partial charge in [-0.1, -0.05) is 43.3 Å². The third-order valence-corrected chi connectivity index (χ3v) is 4.83. The summed E-state index contributed by atoms with van der Waals surface area (Å²) in [6.45, 7) is 8.19. The van der Waals surface area contributed by atoms with Crippen LogP contribution in [0.2, 0.25) is 0 Å². The number of hydrogen-bond donors (Lipinski definition) is 1. The minimum Gasteiger partial charge on any atom is -0.325 e. The van der Waals surface area contributed by atoms with Gasteiger partial charge in [-0.25, -0.2) is 0 Å². The van der Waals surface area contributed by atoms with Crippen molar-refractivity contribution in [2.45, 2.75) is 40.5 Å². The maximum absolute atomic E-state index is 12.7. The lowest BCUT2D eigenvalue weighted by Crippen LogP contribution is -2.18. The molecular formula is C22H24N2O. The summed E-state index contributed by atoms with van der Waals surface area (Å²) in [5.41, 5.74) is 7.26. The van der Waals surface area contributed by atoms with Crippen molar-refractivity contribution in [3.05, 3.63) is 70.4 Å². The number of carbonyl (C=O) groups excluding carboxylic acids is 1. The third-order valence-electron chi connectivity index (χ3n) is 4.83. The molecule has 3 aromatic rings. The highest BCUT2D eigenvalue weighted by Crippen LogP contribution is 2.25. The van der Waals surface area contributed by atoms with Crippen LogP contribution in [0.25, 0.3) is 10.9 Å². The Morgan fingerprint density at radius 1 is 1.04 bits per heavy atom. The van der Waals surface area contributed by atoms with E-state index in [1.165, 1.54) is 5.56 Å². The average Bonchev–Trinajstić information content (AvgIpc) is 2.60. The molecule has 0 atom stereocenters. The van der Waals surface area contributed by atoms with E-state index in [0.29, 0.717) is 6.42 Å². The highest BCUT2D eigenvalue weighted by atomic mass is 16.1. The Labute approximate surface area is 149 Å². The van der Waals surface area contributed by atoms with Gasteiger partial charge in [0, 0.05) is 16.8 Å². The van der Waals surface area contributed by atoms with Gasteiger partial charge in [-0.15, -0.1) is 0 Å². The van der Waals surface area contributed by atoms with Crippen LogP contribution in [0, 0.1) is 20.8 Å². The number of pyridine rings is 1. The molecule has 0 saturated carbocycles. The zero-order valence-corrected chi connectivity index (χ0v) is 15.3. The van der Waals surface area contributed by atoms with Gasteiger partial charge < -0.3 is 5.32 Å². The zero-order valence-electron chi connectivity index (χ0n) is 15.3. The van der Waals surface area contributed by atoms with Gasteiger partial charge in [0.2, 0.25) is 5.91 Å². The minimum atomic E-state index is 0.00674. The number of benzene rings is 2. The smallest absolute Gasteiger partial charge is 0.228 e. The Morgan fingerprint density at radius 2 is 1.80 bits per heavy atom. The van der Waals surface area contributed by atoms with Crippen LogP contribution in [0.15, 0.2) is 42.5 Å². The standard InChI is InChI=1S/C22H24N2O/c1-5-17-10-8-9-14(2)22(17)24-21(25)13-19-15(3)18-11-6-7-12-20(18)23-16(19)4/h6-12H,5,13H2,1-4H3,(H,24,25). The molecular weight excluding hydrogens is 308 g/mol. The first kappa shape index (κ1) is 17.2. The van der Waals surface area contributed by atoms with Crippen LogP contribution in [0.3, 0.4) is 0 Å². The molecule has 0 bridgehead atoms. The molecule has 1 heterocycles. The number of aryl methyl sites for hydroxylation is 4. The Hall–Kier alpha value is -2.68. The van der Waals surface area contributed by atoms with Gasteiger partial charge in [0.25, 0.3) is 0 Å². The van der Waals surface area contributed by atoms with Crippen molar-refractivity contribution in [2.75, 3.05) is 5.32 Å². The van der Waals surface area contributed by atoms with Gasteiger partial charge in [0.15, 0.2) is 0 Å². The van der Waals surface area contributed by atoms with Crippen molar-refractivity contribution < 1.29 is 4.79 Å². The van der Waals surface area contributed by atoms with Crippen molar-refractivity contribution in [3.63, 3.8) is 0 Å². The molecule has 3 rings (SSSR count). The molecule has 1 amide bonds. The molecule has 0 radical (unpaired) electrons. The van der Waals surface area contributed by atoms with E-state index in [2.05, 4.69) is 36.3 Å². The van der Waals surface area contributed by atoms with Crippen LogP contribution in [0.4, 0.5) is 5.69 Å². The largest absolute Gasteiger partial charge is 0.325 e. The molecule has 0 aliphatic carbocycles. The number of nitrogens with one attached hydrogen (secondary N) is 1. The summed E-state index contributed by atoms with van der Waals surface area (Å²) in [5, 5.41) is 4.23. The average molecular weight is 332 g/mol. The second-order valence-electron chi connectivity index (χ2n) is 6.51. The SMILES string of the molecule is CCc1cccc(C)c1NC(=O)Cc1c(C)nc2ccccc2c1C. The van der Waals surface area contributed by atoms with E-state index in [0.717, 1.165) is 45.4 Å². The first-order chi connectivity index (χ1) is 12.0. The molecule has 0 saturated heterocycles. The van der Waals surface area contributed by atoms with E-state index in [1.54, 1.807) is 0 Å². The summed E-state index contributed by atoms with van der Waals surface area (Å²) in [6.07, 6.45) is 1.24. The molecule has 1 N–H and O–H groups in total. The molecule has 3 nitrogen and oxygen atoms in total. The van der Waals surface area contributed by atoms with Gasteiger partial charge in [-0.3, -0.25) is 9.78 Å². The number of carbonyl (C=O) groups is 1. The quantitative estimate of drug-likeness (QED) is 0.738. The first-order valence-electron chi connectivity index (χ1n) is 8.74. The molecule has 1 aromatic heterocycles. The summed E-state index contributed by atoms with van der Waals surface area (Å²) in [4.78, 5) is 17.4. The number of nitrogens with zero attached hydrogens (tertiary/aromatic N) is 1. The van der Waals surface area contributed by atoms with Crippen molar-refractivity contribution in [2.24, 2.45) is 0 Å². The Balaban J connectivity index is 1.91. The maximum Gasteiger partial charge on any atom is 0.228 e. The minimum absolute atomic E-state index is 0.00674. The lowest BCUT2D eigenvalue weighted by atomic mass is 9.99. The molecule has 0 unspecified atom stereocenters. The van der Waals surface area contributed by atoms with Crippen LogP contribution in [-0.4, -0.2) is 10.9 Å². The Morgan fingerprint density at radius 3 is 2.56 bits per heavy atom. The summed E-state index contributed by atoms with van der Waals surface area (Å²) < 4.78 is 0. The molecule has 2 aromatic carbocycles. The zero-order chi connectivity index (χ0) is 18.0. The van der Waals surface area contributed by atoms with Crippen molar-refractivity contribution >= 4 is 22.5 Å². The predicted molar refractivity (Wildman–Crippen MR) is 104 cm³/mol. The number of aromatic nitrogens is 1.